The number of rotatable bonds is 5. The Bertz CT molecular complexity index is 497. The van der Waals surface area contributed by atoms with Crippen LogP contribution in [0.5, 0.6) is 5.75 Å². The molecular weight excluding hydrogens is 226 g/mol. The van der Waals surface area contributed by atoms with Gasteiger partial charge in [-0.25, -0.2) is 4.98 Å². The number of anilines is 2. The second-order valence-corrected chi connectivity index (χ2v) is 4.06. The van der Waals surface area contributed by atoms with Crippen LogP contribution in [0.25, 0.3) is 0 Å². The molecule has 18 heavy (non-hydrogen) atoms. The second kappa shape index (κ2) is 5.91. The molecule has 2 aromatic rings. The lowest BCUT2D eigenvalue weighted by atomic mass is 10.3. The van der Waals surface area contributed by atoms with E-state index in [1.807, 2.05) is 37.3 Å². The van der Waals surface area contributed by atoms with Crippen LogP contribution in [0, 0.1) is 6.92 Å². The molecule has 0 saturated carbocycles. The fourth-order valence-electron chi connectivity index (χ4n) is 1.62. The van der Waals surface area contributed by atoms with Gasteiger partial charge in [0.2, 0.25) is 0 Å². The van der Waals surface area contributed by atoms with Crippen molar-refractivity contribution in [3.8, 4) is 5.75 Å². The molecule has 3 N–H and O–H groups in total. The maximum atomic E-state index is 9.15. The van der Waals surface area contributed by atoms with Crippen LogP contribution in [-0.4, -0.2) is 23.2 Å². The van der Waals surface area contributed by atoms with Crippen LogP contribution in [0.3, 0.4) is 0 Å². The van der Waals surface area contributed by atoms with Crippen molar-refractivity contribution >= 4 is 11.5 Å². The molecule has 1 heterocycles. The fourth-order valence-corrected chi connectivity index (χ4v) is 1.62. The van der Waals surface area contributed by atoms with Gasteiger partial charge in [-0.05, 0) is 43.3 Å². The molecule has 0 fully saturated rings. The van der Waals surface area contributed by atoms with Crippen molar-refractivity contribution in [2.75, 3.05) is 23.7 Å². The summed E-state index contributed by atoms with van der Waals surface area (Å²) in [6, 6.07) is 12.9. The molecule has 0 aliphatic carbocycles. The van der Waals surface area contributed by atoms with Gasteiger partial charge in [-0.3, -0.25) is 0 Å². The van der Waals surface area contributed by atoms with Crippen molar-refractivity contribution < 1.29 is 5.11 Å². The highest BCUT2D eigenvalue weighted by atomic mass is 16.3. The topological polar surface area (TPSA) is 57.2 Å². The predicted octanol–water partition coefficient (Wildman–Crippen LogP) is 2.62. The molecule has 2 rings (SSSR count). The first-order valence-corrected chi connectivity index (χ1v) is 5.94. The maximum Gasteiger partial charge on any atom is 0.126 e. The van der Waals surface area contributed by atoms with Crippen LogP contribution in [-0.2, 0) is 0 Å². The largest absolute Gasteiger partial charge is 0.508 e. The van der Waals surface area contributed by atoms with E-state index < -0.39 is 0 Å². The number of nitrogens with one attached hydrogen (secondary N) is 2. The summed E-state index contributed by atoms with van der Waals surface area (Å²) in [5.41, 5.74) is 2.00. The zero-order chi connectivity index (χ0) is 12.8. The summed E-state index contributed by atoms with van der Waals surface area (Å²) in [6.07, 6.45) is 0. The third kappa shape index (κ3) is 3.66. The van der Waals surface area contributed by atoms with E-state index in [1.54, 1.807) is 12.1 Å². The Labute approximate surface area is 107 Å². The third-order valence-electron chi connectivity index (χ3n) is 2.52. The molecular formula is C14H17N3O. The number of aromatic hydroxyl groups is 1. The lowest BCUT2D eigenvalue weighted by Crippen LogP contribution is -2.14. The smallest absolute Gasteiger partial charge is 0.126 e. The van der Waals surface area contributed by atoms with E-state index in [9.17, 15) is 0 Å². The number of nitrogens with zero attached hydrogens (tertiary/aromatic N) is 1. The Kier molecular flexibility index (Phi) is 4.02. The van der Waals surface area contributed by atoms with Crippen molar-refractivity contribution in [2.24, 2.45) is 0 Å². The normalized spacial score (nSPS) is 10.1. The highest BCUT2D eigenvalue weighted by Gasteiger charge is 1.94. The first-order chi connectivity index (χ1) is 8.74. The van der Waals surface area contributed by atoms with Gasteiger partial charge in [0.25, 0.3) is 0 Å². The quantitative estimate of drug-likeness (QED) is 0.558. The van der Waals surface area contributed by atoms with Gasteiger partial charge in [-0.2, -0.15) is 0 Å². The second-order valence-electron chi connectivity index (χ2n) is 4.06. The first kappa shape index (κ1) is 12.2. The highest BCUT2D eigenvalue weighted by molar-refractivity contribution is 5.46. The van der Waals surface area contributed by atoms with Crippen LogP contribution in [0.1, 0.15) is 5.69 Å². The van der Waals surface area contributed by atoms with Crippen LogP contribution in [0.2, 0.25) is 0 Å². The molecule has 0 radical (unpaired) electrons. The summed E-state index contributed by atoms with van der Waals surface area (Å²) >= 11 is 0. The highest BCUT2D eigenvalue weighted by Crippen LogP contribution is 2.13. The predicted molar refractivity (Wildman–Crippen MR) is 74.1 cm³/mol. The van der Waals surface area contributed by atoms with Gasteiger partial charge >= 0.3 is 0 Å². The average Bonchev–Trinajstić information content (AvgIpc) is 2.37. The Hall–Kier alpha value is -2.23. The van der Waals surface area contributed by atoms with Gasteiger partial charge in [-0.15, -0.1) is 0 Å². The van der Waals surface area contributed by atoms with E-state index in [2.05, 4.69) is 15.6 Å². The standard InChI is InChI=1S/C14H17N3O/c1-11-3-2-4-14(17-11)16-10-9-15-12-5-7-13(18)8-6-12/h2-8,15,18H,9-10H2,1H3,(H,16,17). The minimum atomic E-state index is 0.280. The fraction of sp³-hybridized carbons (Fsp3) is 0.214. The van der Waals surface area contributed by atoms with Gasteiger partial charge in [0, 0.05) is 24.5 Å². The lowest BCUT2D eigenvalue weighted by molar-refractivity contribution is 0.475. The molecule has 0 spiro atoms. The van der Waals surface area contributed by atoms with E-state index >= 15 is 0 Å². The zero-order valence-electron chi connectivity index (χ0n) is 10.4. The summed E-state index contributed by atoms with van der Waals surface area (Å²) in [5.74, 6) is 1.17. The van der Waals surface area contributed by atoms with Crippen molar-refractivity contribution in [3.05, 3.63) is 48.2 Å². The third-order valence-corrected chi connectivity index (χ3v) is 2.52. The van der Waals surface area contributed by atoms with E-state index in [4.69, 9.17) is 5.11 Å². The Morgan fingerprint density at radius 2 is 1.72 bits per heavy atom. The Morgan fingerprint density at radius 3 is 2.44 bits per heavy atom. The SMILES string of the molecule is Cc1cccc(NCCNc2ccc(O)cc2)n1. The average molecular weight is 243 g/mol. The van der Waals surface area contributed by atoms with E-state index in [-0.39, 0.29) is 5.75 Å². The summed E-state index contributed by atoms with van der Waals surface area (Å²) < 4.78 is 0. The van der Waals surface area contributed by atoms with Gasteiger partial charge in [0.1, 0.15) is 11.6 Å². The number of aromatic nitrogens is 1. The minimum Gasteiger partial charge on any atom is -0.508 e. The first-order valence-electron chi connectivity index (χ1n) is 5.94. The molecule has 94 valence electrons. The molecule has 1 aromatic carbocycles. The number of phenolic OH excluding ortho intramolecular Hbond substituents is 1. The van der Waals surface area contributed by atoms with E-state index in [0.29, 0.717) is 0 Å². The number of aryl methyl sites for hydroxylation is 1. The van der Waals surface area contributed by atoms with Crippen molar-refractivity contribution in [2.45, 2.75) is 6.92 Å². The van der Waals surface area contributed by atoms with Crippen LogP contribution in [0.4, 0.5) is 11.5 Å². The van der Waals surface area contributed by atoms with Crippen LogP contribution in [0.15, 0.2) is 42.5 Å². The summed E-state index contributed by atoms with van der Waals surface area (Å²) in [4.78, 5) is 4.36. The number of hydrogen-bond acceptors (Lipinski definition) is 4. The van der Waals surface area contributed by atoms with E-state index in [1.165, 1.54) is 0 Å². The molecule has 0 amide bonds. The lowest BCUT2D eigenvalue weighted by Gasteiger charge is -2.08. The van der Waals surface area contributed by atoms with Crippen molar-refractivity contribution in [3.63, 3.8) is 0 Å². The van der Waals surface area contributed by atoms with Crippen molar-refractivity contribution in [1.82, 2.24) is 4.98 Å². The minimum absolute atomic E-state index is 0.280. The zero-order valence-corrected chi connectivity index (χ0v) is 10.4. The van der Waals surface area contributed by atoms with Gasteiger partial charge in [0.05, 0.1) is 0 Å². The molecule has 0 atom stereocenters. The number of pyridine rings is 1. The van der Waals surface area contributed by atoms with Crippen LogP contribution < -0.4 is 10.6 Å². The van der Waals surface area contributed by atoms with E-state index in [0.717, 1.165) is 30.3 Å². The summed E-state index contributed by atoms with van der Waals surface area (Å²) in [5, 5.41) is 15.7. The Balaban J connectivity index is 1.74. The molecule has 0 saturated heterocycles. The van der Waals surface area contributed by atoms with Crippen LogP contribution >= 0.6 is 0 Å². The molecule has 0 unspecified atom stereocenters. The molecule has 4 nitrogen and oxygen atoms in total. The summed E-state index contributed by atoms with van der Waals surface area (Å²) in [7, 11) is 0. The summed E-state index contributed by atoms with van der Waals surface area (Å²) in [6.45, 7) is 3.55. The van der Waals surface area contributed by atoms with Gasteiger partial charge in [-0.1, -0.05) is 6.07 Å². The number of hydrogen-bond donors (Lipinski definition) is 3. The van der Waals surface area contributed by atoms with Gasteiger partial charge < -0.3 is 15.7 Å². The maximum absolute atomic E-state index is 9.15. The monoisotopic (exact) mass is 243 g/mol. The van der Waals surface area contributed by atoms with Gasteiger partial charge in [0.15, 0.2) is 0 Å². The molecule has 4 heteroatoms. The van der Waals surface area contributed by atoms with Crippen molar-refractivity contribution in [1.29, 1.82) is 0 Å². The molecule has 0 bridgehead atoms. The Morgan fingerprint density at radius 1 is 1.00 bits per heavy atom. The number of phenols is 1. The molecule has 0 aliphatic heterocycles. The molecule has 1 aromatic heterocycles. The molecule has 0 aliphatic rings. The number of benzene rings is 1.